The molecule has 0 amide bonds. The summed E-state index contributed by atoms with van der Waals surface area (Å²) >= 11 is 3.23. The van der Waals surface area contributed by atoms with Crippen molar-refractivity contribution >= 4 is 15.9 Å². The van der Waals surface area contributed by atoms with E-state index in [4.69, 9.17) is 9.84 Å². The molecule has 2 aromatic rings. The number of hydrogen-bond donors (Lipinski definition) is 1. The molecule has 0 aliphatic carbocycles. The molecule has 2 aromatic carbocycles. The molecule has 0 spiro atoms. The number of hydrogen-bond acceptors (Lipinski definition) is 2. The molecule has 0 bridgehead atoms. The lowest BCUT2D eigenvalue weighted by Crippen LogP contribution is -2.03. The first-order chi connectivity index (χ1) is 9.11. The highest BCUT2D eigenvalue weighted by Crippen LogP contribution is 2.25. The van der Waals surface area contributed by atoms with E-state index in [9.17, 15) is 8.78 Å². The van der Waals surface area contributed by atoms with E-state index < -0.39 is 11.6 Å². The zero-order valence-corrected chi connectivity index (χ0v) is 11.5. The van der Waals surface area contributed by atoms with E-state index in [0.29, 0.717) is 15.6 Å². The maximum absolute atomic E-state index is 13.6. The normalized spacial score (nSPS) is 10.5. The van der Waals surface area contributed by atoms with Crippen molar-refractivity contribution in [1.82, 2.24) is 0 Å². The fraction of sp³-hybridized carbons (Fsp3) is 0.143. The quantitative estimate of drug-likeness (QED) is 0.925. The van der Waals surface area contributed by atoms with E-state index in [1.807, 2.05) is 0 Å². The standard InChI is InChI=1S/C14H11BrF2O2/c15-11-4-5-12(16)10(6-11)8-19-14-9(7-18)2-1-3-13(14)17/h1-6,18H,7-8H2. The monoisotopic (exact) mass is 328 g/mol. The van der Waals surface area contributed by atoms with Crippen LogP contribution < -0.4 is 4.74 Å². The number of ether oxygens (including phenoxy) is 1. The minimum Gasteiger partial charge on any atom is -0.485 e. The second kappa shape index (κ2) is 6.12. The fourth-order valence-electron chi connectivity index (χ4n) is 1.64. The van der Waals surface area contributed by atoms with Crippen LogP contribution in [0.4, 0.5) is 8.78 Å². The Hall–Kier alpha value is -1.46. The van der Waals surface area contributed by atoms with Gasteiger partial charge in [0.15, 0.2) is 11.6 Å². The first kappa shape index (κ1) is 14.0. The second-order valence-corrected chi connectivity index (χ2v) is 4.83. The summed E-state index contributed by atoms with van der Waals surface area (Å²) in [4.78, 5) is 0. The zero-order chi connectivity index (χ0) is 13.8. The largest absolute Gasteiger partial charge is 0.485 e. The van der Waals surface area contributed by atoms with Gasteiger partial charge in [-0.25, -0.2) is 8.78 Å². The SMILES string of the molecule is OCc1cccc(F)c1OCc1cc(Br)ccc1F. The molecular weight excluding hydrogens is 318 g/mol. The number of para-hydroxylation sites is 1. The highest BCUT2D eigenvalue weighted by Gasteiger charge is 2.11. The number of rotatable bonds is 4. The van der Waals surface area contributed by atoms with Crippen molar-refractivity contribution in [3.05, 3.63) is 63.6 Å². The fourth-order valence-corrected chi connectivity index (χ4v) is 2.05. The zero-order valence-electron chi connectivity index (χ0n) is 9.87. The van der Waals surface area contributed by atoms with Gasteiger partial charge in [-0.1, -0.05) is 28.1 Å². The summed E-state index contributed by atoms with van der Waals surface area (Å²) in [5.41, 5.74) is 0.636. The maximum Gasteiger partial charge on any atom is 0.165 e. The first-order valence-electron chi connectivity index (χ1n) is 5.57. The molecule has 19 heavy (non-hydrogen) atoms. The number of aliphatic hydroxyl groups is 1. The smallest absolute Gasteiger partial charge is 0.165 e. The predicted molar refractivity (Wildman–Crippen MR) is 70.8 cm³/mol. The van der Waals surface area contributed by atoms with Crippen molar-refractivity contribution in [1.29, 1.82) is 0 Å². The van der Waals surface area contributed by atoms with Crippen molar-refractivity contribution in [2.24, 2.45) is 0 Å². The molecule has 0 radical (unpaired) electrons. The summed E-state index contributed by atoms with van der Waals surface area (Å²) in [5.74, 6) is -1.06. The van der Waals surface area contributed by atoms with Gasteiger partial charge >= 0.3 is 0 Å². The molecule has 5 heteroatoms. The van der Waals surface area contributed by atoms with Crippen molar-refractivity contribution in [2.45, 2.75) is 13.2 Å². The average molecular weight is 329 g/mol. The highest BCUT2D eigenvalue weighted by atomic mass is 79.9. The van der Waals surface area contributed by atoms with Crippen LogP contribution in [-0.4, -0.2) is 5.11 Å². The molecule has 0 fully saturated rings. The lowest BCUT2D eigenvalue weighted by Gasteiger charge is -2.11. The molecule has 0 saturated heterocycles. The molecule has 0 atom stereocenters. The van der Waals surface area contributed by atoms with Gasteiger partial charge in [-0.15, -0.1) is 0 Å². The predicted octanol–water partition coefficient (Wildman–Crippen LogP) is 3.80. The molecule has 0 heterocycles. The second-order valence-electron chi connectivity index (χ2n) is 3.91. The van der Waals surface area contributed by atoms with Crippen molar-refractivity contribution in [3.63, 3.8) is 0 Å². The number of halogens is 3. The Bertz CT molecular complexity index is 588. The van der Waals surface area contributed by atoms with Gasteiger partial charge in [-0.2, -0.15) is 0 Å². The Morgan fingerprint density at radius 1 is 1.05 bits per heavy atom. The Kier molecular flexibility index (Phi) is 4.50. The summed E-state index contributed by atoms with van der Waals surface area (Å²) < 4.78 is 33.1. The van der Waals surface area contributed by atoms with Crippen LogP contribution in [0.3, 0.4) is 0 Å². The number of benzene rings is 2. The molecule has 0 aliphatic heterocycles. The third kappa shape index (κ3) is 3.30. The third-order valence-electron chi connectivity index (χ3n) is 2.60. The molecular formula is C14H11BrF2O2. The molecule has 2 rings (SSSR count). The molecule has 1 N–H and O–H groups in total. The van der Waals surface area contributed by atoms with Crippen LogP contribution in [0.15, 0.2) is 40.9 Å². The summed E-state index contributed by atoms with van der Waals surface area (Å²) in [5, 5.41) is 9.11. The van der Waals surface area contributed by atoms with Crippen LogP contribution in [0, 0.1) is 11.6 Å². The Labute approximate surface area is 117 Å². The van der Waals surface area contributed by atoms with Crippen LogP contribution in [0.2, 0.25) is 0 Å². The minimum absolute atomic E-state index is 0.0515. The molecule has 0 aliphatic rings. The first-order valence-corrected chi connectivity index (χ1v) is 6.36. The highest BCUT2D eigenvalue weighted by molar-refractivity contribution is 9.10. The lowest BCUT2D eigenvalue weighted by molar-refractivity contribution is 0.249. The van der Waals surface area contributed by atoms with Gasteiger partial charge < -0.3 is 9.84 Å². The summed E-state index contributed by atoms with van der Waals surface area (Å²) in [6.07, 6.45) is 0. The van der Waals surface area contributed by atoms with Crippen LogP contribution in [-0.2, 0) is 13.2 Å². The summed E-state index contributed by atoms with van der Waals surface area (Å²) in [6.45, 7) is -0.451. The van der Waals surface area contributed by atoms with Gasteiger partial charge in [-0.05, 0) is 24.3 Å². The van der Waals surface area contributed by atoms with E-state index in [1.165, 1.54) is 18.2 Å². The molecule has 0 unspecified atom stereocenters. The van der Waals surface area contributed by atoms with E-state index in [0.717, 1.165) is 0 Å². The van der Waals surface area contributed by atoms with Gasteiger partial charge in [0, 0.05) is 15.6 Å². The van der Waals surface area contributed by atoms with E-state index in [2.05, 4.69) is 15.9 Å². The molecule has 0 aromatic heterocycles. The summed E-state index contributed by atoms with van der Waals surface area (Å²) in [6, 6.07) is 8.70. The van der Waals surface area contributed by atoms with E-state index in [-0.39, 0.29) is 19.0 Å². The van der Waals surface area contributed by atoms with Gasteiger partial charge in [0.05, 0.1) is 6.61 Å². The van der Waals surface area contributed by atoms with Crippen molar-refractivity contribution < 1.29 is 18.6 Å². The average Bonchev–Trinajstić information content (AvgIpc) is 2.40. The van der Waals surface area contributed by atoms with Crippen LogP contribution in [0.5, 0.6) is 5.75 Å². The van der Waals surface area contributed by atoms with Crippen molar-refractivity contribution in [2.75, 3.05) is 0 Å². The van der Waals surface area contributed by atoms with Crippen LogP contribution in [0.1, 0.15) is 11.1 Å². The molecule has 0 saturated carbocycles. The van der Waals surface area contributed by atoms with Crippen molar-refractivity contribution in [3.8, 4) is 5.75 Å². The summed E-state index contributed by atoms with van der Waals surface area (Å²) in [7, 11) is 0. The molecule has 2 nitrogen and oxygen atoms in total. The van der Waals surface area contributed by atoms with Gasteiger partial charge in [0.25, 0.3) is 0 Å². The third-order valence-corrected chi connectivity index (χ3v) is 3.09. The van der Waals surface area contributed by atoms with Crippen LogP contribution in [0.25, 0.3) is 0 Å². The Morgan fingerprint density at radius 3 is 2.58 bits per heavy atom. The van der Waals surface area contributed by atoms with Crippen LogP contribution >= 0.6 is 15.9 Å². The topological polar surface area (TPSA) is 29.5 Å². The Morgan fingerprint density at radius 2 is 1.84 bits per heavy atom. The lowest BCUT2D eigenvalue weighted by atomic mass is 10.2. The Balaban J connectivity index is 2.21. The van der Waals surface area contributed by atoms with Gasteiger partial charge in [0.1, 0.15) is 12.4 Å². The minimum atomic E-state index is -0.582. The van der Waals surface area contributed by atoms with Gasteiger partial charge in [-0.3, -0.25) is 0 Å². The van der Waals surface area contributed by atoms with Gasteiger partial charge in [0.2, 0.25) is 0 Å². The number of aliphatic hydroxyl groups excluding tert-OH is 1. The van der Waals surface area contributed by atoms with E-state index >= 15 is 0 Å². The molecule has 100 valence electrons. The maximum atomic E-state index is 13.6. The van der Waals surface area contributed by atoms with E-state index in [1.54, 1.807) is 18.2 Å².